The van der Waals surface area contributed by atoms with E-state index in [-0.39, 0.29) is 5.91 Å². The van der Waals surface area contributed by atoms with Crippen molar-refractivity contribution >= 4 is 5.91 Å². The molecular weight excluding hydrogens is 226 g/mol. The first kappa shape index (κ1) is 11.4. The van der Waals surface area contributed by atoms with Crippen LogP contribution < -0.4 is 5.32 Å². The largest absolute Gasteiger partial charge is 0.334 e. The van der Waals surface area contributed by atoms with E-state index >= 15 is 0 Å². The van der Waals surface area contributed by atoms with Crippen molar-refractivity contribution in [1.29, 1.82) is 0 Å². The molecule has 1 saturated heterocycles. The lowest BCUT2D eigenvalue weighted by Crippen LogP contribution is -2.41. The molecule has 4 nitrogen and oxygen atoms in total. The van der Waals surface area contributed by atoms with Crippen molar-refractivity contribution in [3.05, 3.63) is 40.7 Å². The average molecular weight is 243 g/mol. The van der Waals surface area contributed by atoms with Gasteiger partial charge in [0.15, 0.2) is 0 Å². The molecule has 0 radical (unpaired) electrons. The number of amides is 1. The number of rotatable bonds is 1. The molecule has 2 aliphatic rings. The van der Waals surface area contributed by atoms with Crippen LogP contribution in [0.2, 0.25) is 0 Å². The maximum Gasteiger partial charge on any atom is 0.249 e. The number of hydrogen-bond acceptors (Lipinski definition) is 3. The molecule has 0 spiro atoms. The molecule has 18 heavy (non-hydrogen) atoms. The normalized spacial score (nSPS) is 18.1. The van der Waals surface area contributed by atoms with Crippen LogP contribution in [0.1, 0.15) is 18.2 Å². The van der Waals surface area contributed by atoms with Crippen molar-refractivity contribution in [2.75, 3.05) is 19.6 Å². The summed E-state index contributed by atoms with van der Waals surface area (Å²) in [7, 11) is 0. The Kier molecular flexibility index (Phi) is 2.88. The number of nitrogens with zero attached hydrogens (tertiary/aromatic N) is 2. The van der Waals surface area contributed by atoms with Gasteiger partial charge in [-0.1, -0.05) is 6.07 Å². The number of pyridine rings is 1. The van der Waals surface area contributed by atoms with Gasteiger partial charge in [0.2, 0.25) is 5.91 Å². The highest BCUT2D eigenvalue weighted by molar-refractivity contribution is 5.94. The monoisotopic (exact) mass is 243 g/mol. The zero-order valence-corrected chi connectivity index (χ0v) is 10.6. The van der Waals surface area contributed by atoms with Crippen LogP contribution in [0, 0.1) is 0 Å². The lowest BCUT2D eigenvalue weighted by molar-refractivity contribution is -0.128. The fraction of sp³-hybridized carbons (Fsp3) is 0.429. The Bertz CT molecular complexity index is 516. The van der Waals surface area contributed by atoms with E-state index in [4.69, 9.17) is 0 Å². The Morgan fingerprint density at radius 2 is 2.28 bits per heavy atom. The van der Waals surface area contributed by atoms with Gasteiger partial charge in [0.1, 0.15) is 0 Å². The number of fused-ring (bicyclic) bond motifs is 1. The molecule has 1 amide bonds. The van der Waals surface area contributed by atoms with Gasteiger partial charge >= 0.3 is 0 Å². The molecule has 3 heterocycles. The molecule has 0 saturated carbocycles. The van der Waals surface area contributed by atoms with Crippen LogP contribution >= 0.6 is 0 Å². The molecule has 4 heteroatoms. The van der Waals surface area contributed by atoms with Gasteiger partial charge in [-0.05, 0) is 24.1 Å². The third kappa shape index (κ3) is 1.93. The van der Waals surface area contributed by atoms with Gasteiger partial charge in [0, 0.05) is 50.1 Å². The van der Waals surface area contributed by atoms with Crippen LogP contribution in [-0.2, 0) is 17.8 Å². The second-order valence-electron chi connectivity index (χ2n) is 4.92. The molecule has 0 bridgehead atoms. The quantitative estimate of drug-likeness (QED) is 0.745. The first-order valence-electron chi connectivity index (χ1n) is 6.37. The summed E-state index contributed by atoms with van der Waals surface area (Å²) >= 11 is 0. The summed E-state index contributed by atoms with van der Waals surface area (Å²) in [5.74, 6) is 0.181. The highest BCUT2D eigenvalue weighted by Crippen LogP contribution is 2.19. The maximum atomic E-state index is 12.4. The van der Waals surface area contributed by atoms with Gasteiger partial charge in [0.05, 0.1) is 0 Å². The molecule has 1 N–H and O–H groups in total. The van der Waals surface area contributed by atoms with Gasteiger partial charge in [-0.25, -0.2) is 0 Å². The van der Waals surface area contributed by atoms with E-state index in [1.54, 1.807) is 0 Å². The fourth-order valence-electron chi connectivity index (χ4n) is 2.44. The van der Waals surface area contributed by atoms with Crippen LogP contribution in [0.5, 0.6) is 0 Å². The Hall–Kier alpha value is -1.68. The SMILES string of the molecule is CC(C(=O)N1CCc2ncccc2C1)=C1CNC1. The summed E-state index contributed by atoms with van der Waals surface area (Å²) in [6, 6.07) is 4.00. The number of aromatic nitrogens is 1. The summed E-state index contributed by atoms with van der Waals surface area (Å²) in [5.41, 5.74) is 4.48. The number of carbonyl (C=O) groups excluding carboxylic acids is 1. The molecule has 0 aromatic carbocycles. The number of carbonyl (C=O) groups is 1. The number of nitrogens with one attached hydrogen (secondary N) is 1. The predicted octanol–water partition coefficient (Wildman–Crippen LogP) is 0.886. The maximum absolute atomic E-state index is 12.4. The molecule has 3 rings (SSSR count). The third-order valence-corrected chi connectivity index (χ3v) is 3.78. The molecular formula is C14H17N3O. The molecule has 0 atom stereocenters. The van der Waals surface area contributed by atoms with Gasteiger partial charge < -0.3 is 10.2 Å². The molecule has 94 valence electrons. The summed E-state index contributed by atoms with van der Waals surface area (Å²) in [4.78, 5) is 18.7. The minimum atomic E-state index is 0.181. The third-order valence-electron chi connectivity index (χ3n) is 3.78. The summed E-state index contributed by atoms with van der Waals surface area (Å²) in [6.45, 7) is 5.14. The molecule has 1 aromatic heterocycles. The fourth-order valence-corrected chi connectivity index (χ4v) is 2.44. The smallest absolute Gasteiger partial charge is 0.249 e. The molecule has 1 aromatic rings. The zero-order chi connectivity index (χ0) is 12.5. The zero-order valence-electron chi connectivity index (χ0n) is 10.6. The van der Waals surface area contributed by atoms with Crippen molar-refractivity contribution in [2.24, 2.45) is 0 Å². The Balaban J connectivity index is 1.78. The molecule has 2 aliphatic heterocycles. The van der Waals surface area contributed by atoms with Crippen LogP contribution in [0.25, 0.3) is 0 Å². The average Bonchev–Trinajstić information content (AvgIpc) is 2.35. The Morgan fingerprint density at radius 1 is 1.44 bits per heavy atom. The van der Waals surface area contributed by atoms with Crippen molar-refractivity contribution in [1.82, 2.24) is 15.2 Å². The van der Waals surface area contributed by atoms with Crippen LogP contribution in [0.4, 0.5) is 0 Å². The topological polar surface area (TPSA) is 45.2 Å². The van der Waals surface area contributed by atoms with E-state index in [1.807, 2.05) is 24.1 Å². The lowest BCUT2D eigenvalue weighted by atomic mass is 10.0. The molecule has 0 unspecified atom stereocenters. The summed E-state index contributed by atoms with van der Waals surface area (Å²) < 4.78 is 0. The van der Waals surface area contributed by atoms with Crippen LogP contribution in [0.3, 0.4) is 0 Å². The first-order chi connectivity index (χ1) is 8.75. The van der Waals surface area contributed by atoms with E-state index in [2.05, 4.69) is 16.4 Å². The minimum Gasteiger partial charge on any atom is -0.334 e. The van der Waals surface area contributed by atoms with Gasteiger partial charge in [-0.2, -0.15) is 0 Å². The molecule has 1 fully saturated rings. The lowest BCUT2D eigenvalue weighted by Gasteiger charge is -2.30. The van der Waals surface area contributed by atoms with E-state index in [0.29, 0.717) is 6.54 Å². The van der Waals surface area contributed by atoms with E-state index in [1.165, 1.54) is 11.1 Å². The van der Waals surface area contributed by atoms with E-state index in [0.717, 1.165) is 37.3 Å². The van der Waals surface area contributed by atoms with Crippen molar-refractivity contribution in [3.63, 3.8) is 0 Å². The van der Waals surface area contributed by atoms with Crippen LogP contribution in [-0.4, -0.2) is 35.4 Å². The highest BCUT2D eigenvalue weighted by Gasteiger charge is 2.24. The van der Waals surface area contributed by atoms with Gasteiger partial charge in [-0.3, -0.25) is 9.78 Å². The second kappa shape index (κ2) is 4.53. The molecule has 0 aliphatic carbocycles. The summed E-state index contributed by atoms with van der Waals surface area (Å²) in [5, 5.41) is 3.18. The van der Waals surface area contributed by atoms with E-state index < -0.39 is 0 Å². The Morgan fingerprint density at radius 3 is 3.00 bits per heavy atom. The highest BCUT2D eigenvalue weighted by atomic mass is 16.2. The standard InChI is InChI=1S/C14H17N3O/c1-10(12-7-15-8-12)14(18)17-6-4-13-11(9-17)3-2-5-16-13/h2-3,5,15H,4,6-9H2,1H3. The summed E-state index contributed by atoms with van der Waals surface area (Å²) in [6.07, 6.45) is 2.69. The van der Waals surface area contributed by atoms with E-state index in [9.17, 15) is 4.79 Å². The second-order valence-corrected chi connectivity index (χ2v) is 4.92. The van der Waals surface area contributed by atoms with Gasteiger partial charge in [-0.15, -0.1) is 0 Å². The van der Waals surface area contributed by atoms with Crippen molar-refractivity contribution in [2.45, 2.75) is 19.9 Å². The van der Waals surface area contributed by atoms with Gasteiger partial charge in [0.25, 0.3) is 0 Å². The van der Waals surface area contributed by atoms with Crippen molar-refractivity contribution in [3.8, 4) is 0 Å². The number of hydrogen-bond donors (Lipinski definition) is 1. The van der Waals surface area contributed by atoms with Crippen molar-refractivity contribution < 1.29 is 4.79 Å². The predicted molar refractivity (Wildman–Crippen MR) is 68.9 cm³/mol. The van der Waals surface area contributed by atoms with Crippen LogP contribution in [0.15, 0.2) is 29.5 Å². The first-order valence-corrected chi connectivity index (χ1v) is 6.37. The minimum absolute atomic E-state index is 0.181. The Labute approximate surface area is 107 Å².